The lowest BCUT2D eigenvalue weighted by Crippen LogP contribution is -2.64. The standard InChI is InChI=1S/C26H27N3O2S/c30-25(21-9-5-2-6-10-21)28-15-13-27(14-16-28)22-18-29(19-22)26(31)24-12-11-23(32-24)17-20-7-3-1-4-8-20/h1-12,22H,13-19H2. The highest BCUT2D eigenvalue weighted by atomic mass is 32.1. The first-order chi connectivity index (χ1) is 15.7. The molecular formula is C26H27N3O2S. The van der Waals surface area contributed by atoms with Gasteiger partial charge in [0.15, 0.2) is 0 Å². The van der Waals surface area contributed by atoms with Crippen LogP contribution in [0.2, 0.25) is 0 Å². The Hall–Kier alpha value is -2.96. The number of likely N-dealkylation sites (tertiary alicyclic amines) is 1. The van der Waals surface area contributed by atoms with Gasteiger partial charge in [-0.25, -0.2) is 0 Å². The minimum atomic E-state index is 0.111. The SMILES string of the molecule is O=C(c1ccccc1)N1CCN(C2CN(C(=O)c3ccc(Cc4ccccc4)s3)C2)CC1. The predicted molar refractivity (Wildman–Crippen MR) is 127 cm³/mol. The molecule has 0 atom stereocenters. The molecule has 0 spiro atoms. The van der Waals surface area contributed by atoms with Crippen molar-refractivity contribution in [1.29, 1.82) is 0 Å². The van der Waals surface area contributed by atoms with Crippen molar-refractivity contribution in [3.05, 3.63) is 93.7 Å². The average Bonchev–Trinajstić information content (AvgIpc) is 3.28. The second kappa shape index (κ2) is 9.27. The first kappa shape index (κ1) is 20.9. The highest BCUT2D eigenvalue weighted by molar-refractivity contribution is 7.14. The van der Waals surface area contributed by atoms with Gasteiger partial charge in [-0.3, -0.25) is 14.5 Å². The fourth-order valence-electron chi connectivity index (χ4n) is 4.45. The molecular weight excluding hydrogens is 418 g/mol. The van der Waals surface area contributed by atoms with E-state index in [0.29, 0.717) is 6.04 Å². The number of rotatable bonds is 5. The lowest BCUT2D eigenvalue weighted by atomic mass is 10.1. The fraction of sp³-hybridized carbons (Fsp3) is 0.308. The normalized spacial score (nSPS) is 17.2. The number of hydrogen-bond acceptors (Lipinski definition) is 4. The maximum Gasteiger partial charge on any atom is 0.264 e. The topological polar surface area (TPSA) is 43.9 Å². The molecule has 0 N–H and O–H groups in total. The summed E-state index contributed by atoms with van der Waals surface area (Å²) in [5, 5.41) is 0. The zero-order valence-electron chi connectivity index (χ0n) is 18.0. The summed E-state index contributed by atoms with van der Waals surface area (Å²) in [7, 11) is 0. The summed E-state index contributed by atoms with van der Waals surface area (Å²) in [6, 6.07) is 24.3. The molecule has 2 fully saturated rings. The van der Waals surface area contributed by atoms with E-state index in [0.717, 1.165) is 56.1 Å². The van der Waals surface area contributed by atoms with E-state index in [4.69, 9.17) is 0 Å². The molecule has 32 heavy (non-hydrogen) atoms. The van der Waals surface area contributed by atoms with Gasteiger partial charge in [-0.1, -0.05) is 48.5 Å². The molecule has 5 rings (SSSR count). The van der Waals surface area contributed by atoms with E-state index in [1.807, 2.05) is 64.4 Å². The van der Waals surface area contributed by atoms with Crippen molar-refractivity contribution < 1.29 is 9.59 Å². The van der Waals surface area contributed by atoms with Crippen LogP contribution in [-0.4, -0.2) is 71.8 Å². The fourth-order valence-corrected chi connectivity index (χ4v) is 5.46. The second-order valence-electron chi connectivity index (χ2n) is 8.49. The molecule has 0 radical (unpaired) electrons. The number of hydrogen-bond donors (Lipinski definition) is 0. The first-order valence-electron chi connectivity index (χ1n) is 11.2. The molecule has 0 unspecified atom stereocenters. The Morgan fingerprint density at radius 3 is 2.09 bits per heavy atom. The number of thiophene rings is 1. The van der Waals surface area contributed by atoms with Crippen molar-refractivity contribution in [2.45, 2.75) is 12.5 Å². The smallest absolute Gasteiger partial charge is 0.264 e. The Morgan fingerprint density at radius 2 is 1.41 bits per heavy atom. The van der Waals surface area contributed by atoms with E-state index >= 15 is 0 Å². The molecule has 2 amide bonds. The summed E-state index contributed by atoms with van der Waals surface area (Å²) in [5.74, 6) is 0.253. The number of nitrogens with zero attached hydrogens (tertiary/aromatic N) is 3. The lowest BCUT2D eigenvalue weighted by molar-refractivity contribution is 0.00879. The van der Waals surface area contributed by atoms with Crippen molar-refractivity contribution in [3.63, 3.8) is 0 Å². The summed E-state index contributed by atoms with van der Waals surface area (Å²) in [5.41, 5.74) is 2.02. The summed E-state index contributed by atoms with van der Waals surface area (Å²) >= 11 is 1.60. The summed E-state index contributed by atoms with van der Waals surface area (Å²) in [6.07, 6.45) is 0.868. The molecule has 5 nitrogen and oxygen atoms in total. The van der Waals surface area contributed by atoms with Gasteiger partial charge < -0.3 is 9.80 Å². The van der Waals surface area contributed by atoms with E-state index in [1.165, 1.54) is 10.4 Å². The van der Waals surface area contributed by atoms with Crippen LogP contribution in [0.4, 0.5) is 0 Å². The van der Waals surface area contributed by atoms with E-state index in [-0.39, 0.29) is 11.8 Å². The van der Waals surface area contributed by atoms with Gasteiger partial charge in [0.25, 0.3) is 11.8 Å². The number of benzene rings is 2. The van der Waals surface area contributed by atoms with Crippen molar-refractivity contribution in [3.8, 4) is 0 Å². The molecule has 1 aromatic heterocycles. The number of carbonyl (C=O) groups is 2. The molecule has 2 aromatic carbocycles. The Labute approximate surface area is 192 Å². The van der Waals surface area contributed by atoms with Gasteiger partial charge in [0.05, 0.1) is 4.88 Å². The molecule has 2 aliphatic rings. The van der Waals surface area contributed by atoms with Gasteiger partial charge in [0.1, 0.15) is 0 Å². The van der Waals surface area contributed by atoms with Crippen LogP contribution in [0.15, 0.2) is 72.8 Å². The lowest BCUT2D eigenvalue weighted by Gasteiger charge is -2.48. The molecule has 2 saturated heterocycles. The Kier molecular flexibility index (Phi) is 6.06. The Balaban J connectivity index is 1.10. The molecule has 3 heterocycles. The molecule has 6 heteroatoms. The first-order valence-corrected chi connectivity index (χ1v) is 12.0. The van der Waals surface area contributed by atoms with Crippen LogP contribution in [0.3, 0.4) is 0 Å². The van der Waals surface area contributed by atoms with E-state index in [9.17, 15) is 9.59 Å². The van der Waals surface area contributed by atoms with Crippen molar-refractivity contribution in [1.82, 2.24) is 14.7 Å². The minimum absolute atomic E-state index is 0.111. The molecule has 3 aromatic rings. The van der Waals surface area contributed by atoms with Crippen LogP contribution >= 0.6 is 11.3 Å². The quantitative estimate of drug-likeness (QED) is 0.603. The van der Waals surface area contributed by atoms with Crippen LogP contribution in [0, 0.1) is 0 Å². The highest BCUT2D eigenvalue weighted by Gasteiger charge is 2.37. The predicted octanol–water partition coefficient (Wildman–Crippen LogP) is 3.62. The van der Waals surface area contributed by atoms with Crippen molar-refractivity contribution >= 4 is 23.2 Å². The Morgan fingerprint density at radius 1 is 0.750 bits per heavy atom. The summed E-state index contributed by atoms with van der Waals surface area (Å²) in [4.78, 5) is 33.9. The average molecular weight is 446 g/mol. The maximum absolute atomic E-state index is 12.9. The maximum atomic E-state index is 12.9. The van der Waals surface area contributed by atoms with Crippen LogP contribution < -0.4 is 0 Å². The van der Waals surface area contributed by atoms with Gasteiger partial charge in [-0.05, 0) is 29.8 Å². The highest BCUT2D eigenvalue weighted by Crippen LogP contribution is 2.25. The number of amides is 2. The van der Waals surface area contributed by atoms with E-state index < -0.39 is 0 Å². The molecule has 2 aliphatic heterocycles. The zero-order valence-corrected chi connectivity index (χ0v) is 18.8. The number of carbonyl (C=O) groups excluding carboxylic acids is 2. The molecule has 0 aliphatic carbocycles. The van der Waals surface area contributed by atoms with E-state index in [2.05, 4.69) is 23.1 Å². The zero-order chi connectivity index (χ0) is 21.9. The summed E-state index contributed by atoms with van der Waals surface area (Å²) < 4.78 is 0. The second-order valence-corrected chi connectivity index (χ2v) is 9.65. The van der Waals surface area contributed by atoms with Crippen LogP contribution in [-0.2, 0) is 6.42 Å². The molecule has 0 saturated carbocycles. The van der Waals surface area contributed by atoms with Crippen molar-refractivity contribution in [2.24, 2.45) is 0 Å². The minimum Gasteiger partial charge on any atom is -0.336 e. The number of piperazine rings is 1. The van der Waals surface area contributed by atoms with Crippen LogP contribution in [0.25, 0.3) is 0 Å². The van der Waals surface area contributed by atoms with Gasteiger partial charge in [0.2, 0.25) is 0 Å². The third-order valence-electron chi connectivity index (χ3n) is 6.38. The largest absolute Gasteiger partial charge is 0.336 e. The van der Waals surface area contributed by atoms with Gasteiger partial charge in [0, 0.05) is 62.2 Å². The van der Waals surface area contributed by atoms with Gasteiger partial charge in [-0.15, -0.1) is 11.3 Å². The van der Waals surface area contributed by atoms with Gasteiger partial charge in [-0.2, -0.15) is 0 Å². The van der Waals surface area contributed by atoms with Crippen LogP contribution in [0.1, 0.15) is 30.5 Å². The third-order valence-corrected chi connectivity index (χ3v) is 7.45. The monoisotopic (exact) mass is 445 g/mol. The third kappa shape index (κ3) is 4.47. The molecule has 0 bridgehead atoms. The van der Waals surface area contributed by atoms with E-state index in [1.54, 1.807) is 11.3 Å². The molecule has 164 valence electrons. The van der Waals surface area contributed by atoms with Gasteiger partial charge >= 0.3 is 0 Å². The van der Waals surface area contributed by atoms with Crippen LogP contribution in [0.5, 0.6) is 0 Å². The van der Waals surface area contributed by atoms with Crippen molar-refractivity contribution in [2.75, 3.05) is 39.3 Å². The Bertz CT molecular complexity index is 1070. The summed E-state index contributed by atoms with van der Waals surface area (Å²) in [6.45, 7) is 4.77.